The van der Waals surface area contributed by atoms with E-state index in [1.807, 2.05) is 32.9 Å². The first-order chi connectivity index (χ1) is 9.29. The van der Waals surface area contributed by atoms with Crippen molar-refractivity contribution >= 4 is 37.3 Å². The van der Waals surface area contributed by atoms with Gasteiger partial charge in [-0.2, -0.15) is 0 Å². The first-order valence-corrected chi connectivity index (χ1v) is 9.23. The summed E-state index contributed by atoms with van der Waals surface area (Å²) in [6.45, 7) is 5.88. The Morgan fingerprint density at radius 2 is 1.90 bits per heavy atom. The van der Waals surface area contributed by atoms with Crippen LogP contribution in [0.5, 0.6) is 0 Å². The number of benzene rings is 1. The highest BCUT2D eigenvalue weighted by molar-refractivity contribution is 9.11. The van der Waals surface area contributed by atoms with Gasteiger partial charge in [0.2, 0.25) is 0 Å². The van der Waals surface area contributed by atoms with Crippen molar-refractivity contribution in [2.75, 3.05) is 0 Å². The summed E-state index contributed by atoms with van der Waals surface area (Å²) in [7, 11) is -3.48. The highest BCUT2D eigenvalue weighted by atomic mass is 79.9. The minimum absolute atomic E-state index is 0.263. The molecule has 2 rings (SSSR count). The number of thiophene rings is 1. The average Bonchev–Trinajstić information content (AvgIpc) is 2.75. The Kier molecular flexibility index (Phi) is 4.69. The molecule has 6 heteroatoms. The first kappa shape index (κ1) is 15.7. The number of hydrogen-bond donors (Lipinski definition) is 1. The number of hydrogen-bond acceptors (Lipinski definition) is 3. The highest BCUT2D eigenvalue weighted by Crippen LogP contribution is 2.27. The van der Waals surface area contributed by atoms with E-state index in [0.29, 0.717) is 4.21 Å². The highest BCUT2D eigenvalue weighted by Gasteiger charge is 2.20. The third kappa shape index (κ3) is 3.49. The summed E-state index contributed by atoms with van der Waals surface area (Å²) in [5.74, 6) is 0. The molecule has 0 unspecified atom stereocenters. The second kappa shape index (κ2) is 5.97. The van der Waals surface area contributed by atoms with Crippen LogP contribution in [0.25, 0.3) is 0 Å². The number of halogens is 1. The Labute approximate surface area is 132 Å². The smallest absolute Gasteiger partial charge is 0.206 e. The Hall–Kier alpha value is -0.690. The third-order valence-electron chi connectivity index (χ3n) is 3.04. The first-order valence-electron chi connectivity index (χ1n) is 6.14. The van der Waals surface area contributed by atoms with E-state index in [9.17, 15) is 8.42 Å². The number of nitrogens with one attached hydrogen (secondary N) is 1. The summed E-state index contributed by atoms with van der Waals surface area (Å²) in [5, 5.41) is 0. The summed E-state index contributed by atoms with van der Waals surface area (Å²) in [6, 6.07) is 9.10. The quantitative estimate of drug-likeness (QED) is 0.873. The zero-order valence-corrected chi connectivity index (χ0v) is 14.7. The molecule has 108 valence electrons. The maximum Gasteiger partial charge on any atom is 0.250 e. The fourth-order valence-corrected chi connectivity index (χ4v) is 5.36. The maximum atomic E-state index is 12.3. The summed E-state index contributed by atoms with van der Waals surface area (Å²) in [4.78, 5) is 0. The van der Waals surface area contributed by atoms with Gasteiger partial charge in [0.15, 0.2) is 0 Å². The van der Waals surface area contributed by atoms with Gasteiger partial charge in [-0.3, -0.25) is 0 Å². The molecule has 1 aromatic heterocycles. The lowest BCUT2D eigenvalue weighted by Gasteiger charge is -2.16. The van der Waals surface area contributed by atoms with Crippen LogP contribution in [0, 0.1) is 13.8 Å². The molecule has 0 bridgehead atoms. The van der Waals surface area contributed by atoms with E-state index in [4.69, 9.17) is 0 Å². The summed E-state index contributed by atoms with van der Waals surface area (Å²) >= 11 is 4.49. The van der Waals surface area contributed by atoms with E-state index in [-0.39, 0.29) is 6.04 Å². The van der Waals surface area contributed by atoms with Gasteiger partial charge in [-0.1, -0.05) is 23.8 Å². The van der Waals surface area contributed by atoms with Crippen molar-refractivity contribution in [2.45, 2.75) is 31.0 Å². The van der Waals surface area contributed by atoms with Crippen LogP contribution in [0.2, 0.25) is 0 Å². The fraction of sp³-hybridized carbons (Fsp3) is 0.286. The molecule has 20 heavy (non-hydrogen) atoms. The molecule has 0 radical (unpaired) electrons. The molecule has 1 N–H and O–H groups in total. The van der Waals surface area contributed by atoms with Crippen LogP contribution in [0.15, 0.2) is 38.3 Å². The lowest BCUT2D eigenvalue weighted by atomic mass is 10.0. The van der Waals surface area contributed by atoms with Crippen LogP contribution in [0.3, 0.4) is 0 Å². The molecule has 1 aromatic carbocycles. The Morgan fingerprint density at radius 1 is 1.20 bits per heavy atom. The zero-order valence-electron chi connectivity index (χ0n) is 11.5. The Bertz CT molecular complexity index is 723. The summed E-state index contributed by atoms with van der Waals surface area (Å²) in [5.41, 5.74) is 3.26. The lowest BCUT2D eigenvalue weighted by molar-refractivity contribution is 0.568. The van der Waals surface area contributed by atoms with Crippen molar-refractivity contribution in [3.05, 3.63) is 50.8 Å². The second-order valence-corrected chi connectivity index (χ2v) is 9.17. The van der Waals surface area contributed by atoms with E-state index in [1.54, 1.807) is 12.1 Å². The fourth-order valence-electron chi connectivity index (χ4n) is 2.11. The molecule has 2 aromatic rings. The van der Waals surface area contributed by atoms with Crippen LogP contribution in [-0.4, -0.2) is 8.42 Å². The van der Waals surface area contributed by atoms with Crippen molar-refractivity contribution in [3.63, 3.8) is 0 Å². The van der Waals surface area contributed by atoms with Gasteiger partial charge >= 0.3 is 0 Å². The van der Waals surface area contributed by atoms with Crippen molar-refractivity contribution in [2.24, 2.45) is 0 Å². The van der Waals surface area contributed by atoms with Gasteiger partial charge in [0.25, 0.3) is 10.0 Å². The largest absolute Gasteiger partial charge is 0.250 e. The standard InChI is InChI=1S/C14H16BrNO2S2/c1-9-4-5-12(10(2)8-9)11(3)16-20(17,18)14-7-6-13(15)19-14/h4-8,11,16H,1-3H3/t11-/m0/s1. The van der Waals surface area contributed by atoms with E-state index in [2.05, 4.69) is 26.7 Å². The molecule has 0 amide bonds. The van der Waals surface area contributed by atoms with Crippen molar-refractivity contribution in [3.8, 4) is 0 Å². The molecular formula is C14H16BrNO2S2. The average molecular weight is 374 g/mol. The van der Waals surface area contributed by atoms with Crippen molar-refractivity contribution in [1.82, 2.24) is 4.72 Å². The second-order valence-electron chi connectivity index (χ2n) is 4.76. The molecule has 0 fully saturated rings. The van der Waals surface area contributed by atoms with Crippen molar-refractivity contribution < 1.29 is 8.42 Å². The van der Waals surface area contributed by atoms with Crippen LogP contribution in [0.4, 0.5) is 0 Å². The molecular weight excluding hydrogens is 358 g/mol. The van der Waals surface area contributed by atoms with Gasteiger partial charge < -0.3 is 0 Å². The van der Waals surface area contributed by atoms with E-state index in [0.717, 1.165) is 14.9 Å². The van der Waals surface area contributed by atoms with Gasteiger partial charge in [-0.05, 0) is 60.0 Å². The van der Waals surface area contributed by atoms with Gasteiger partial charge in [0.1, 0.15) is 4.21 Å². The van der Waals surface area contributed by atoms with Gasteiger partial charge in [-0.25, -0.2) is 13.1 Å². The van der Waals surface area contributed by atoms with E-state index >= 15 is 0 Å². The van der Waals surface area contributed by atoms with Crippen LogP contribution in [0.1, 0.15) is 29.7 Å². The van der Waals surface area contributed by atoms with Crippen LogP contribution in [-0.2, 0) is 10.0 Å². The predicted octanol–water partition coefficient (Wildman–Crippen LogP) is 4.17. The maximum absolute atomic E-state index is 12.3. The van der Waals surface area contributed by atoms with Crippen molar-refractivity contribution in [1.29, 1.82) is 0 Å². The summed E-state index contributed by atoms with van der Waals surface area (Å²) < 4.78 is 28.4. The Morgan fingerprint density at radius 3 is 2.45 bits per heavy atom. The minimum Gasteiger partial charge on any atom is -0.206 e. The molecule has 0 aliphatic carbocycles. The van der Waals surface area contributed by atoms with E-state index < -0.39 is 10.0 Å². The molecule has 1 heterocycles. The van der Waals surface area contributed by atoms with Crippen LogP contribution >= 0.6 is 27.3 Å². The minimum atomic E-state index is -3.48. The van der Waals surface area contributed by atoms with E-state index in [1.165, 1.54) is 16.9 Å². The predicted molar refractivity (Wildman–Crippen MR) is 86.7 cm³/mol. The molecule has 0 spiro atoms. The normalized spacial score (nSPS) is 13.4. The number of aryl methyl sites for hydroxylation is 2. The molecule has 0 saturated heterocycles. The monoisotopic (exact) mass is 373 g/mol. The SMILES string of the molecule is Cc1ccc([C@H](C)NS(=O)(=O)c2ccc(Br)s2)c(C)c1. The molecule has 3 nitrogen and oxygen atoms in total. The molecule has 0 aliphatic rings. The third-order valence-corrected chi connectivity index (χ3v) is 6.69. The topological polar surface area (TPSA) is 46.2 Å². The molecule has 1 atom stereocenters. The summed E-state index contributed by atoms with van der Waals surface area (Å²) in [6.07, 6.45) is 0. The lowest BCUT2D eigenvalue weighted by Crippen LogP contribution is -2.26. The molecule has 0 saturated carbocycles. The Balaban J connectivity index is 2.25. The van der Waals surface area contributed by atoms with Gasteiger partial charge in [-0.15, -0.1) is 11.3 Å². The van der Waals surface area contributed by atoms with Gasteiger partial charge in [0.05, 0.1) is 3.79 Å². The molecule has 0 aliphatic heterocycles. The number of sulfonamides is 1. The zero-order chi connectivity index (χ0) is 14.9. The van der Waals surface area contributed by atoms with Crippen LogP contribution < -0.4 is 4.72 Å². The van der Waals surface area contributed by atoms with Gasteiger partial charge in [0, 0.05) is 6.04 Å². The number of rotatable bonds is 4.